The van der Waals surface area contributed by atoms with Crippen LogP contribution in [0.4, 0.5) is 0 Å². The van der Waals surface area contributed by atoms with Crippen LogP contribution in [0.25, 0.3) is 21.9 Å². The van der Waals surface area contributed by atoms with Gasteiger partial charge in [0.2, 0.25) is 5.91 Å². The molecule has 0 saturated carbocycles. The van der Waals surface area contributed by atoms with Gasteiger partial charge in [-0.05, 0) is 53.1 Å². The van der Waals surface area contributed by atoms with Crippen LogP contribution in [0, 0.1) is 5.92 Å². The van der Waals surface area contributed by atoms with Gasteiger partial charge in [0, 0.05) is 36.8 Å². The van der Waals surface area contributed by atoms with Gasteiger partial charge in [0.25, 0.3) is 5.56 Å². The Hall–Kier alpha value is -2.53. The Labute approximate surface area is 174 Å². The van der Waals surface area contributed by atoms with Crippen molar-refractivity contribution in [2.24, 2.45) is 5.92 Å². The van der Waals surface area contributed by atoms with Gasteiger partial charge in [0.05, 0.1) is 5.75 Å². The van der Waals surface area contributed by atoms with E-state index in [0.29, 0.717) is 18.2 Å². The Morgan fingerprint density at radius 2 is 1.86 bits per heavy atom. The molecule has 0 spiro atoms. The topological polar surface area (TPSA) is 42.3 Å². The number of benzene rings is 2. The van der Waals surface area contributed by atoms with E-state index in [1.54, 1.807) is 11.8 Å². The summed E-state index contributed by atoms with van der Waals surface area (Å²) in [7, 11) is 0. The molecule has 3 aromatic rings. The SMILES string of the molecule is CSCC(=O)N1C[C@@H]2C[C@H](C1)c1ccc(-c3ccc4ccccc4c3)c(=O)n1C2. The Balaban J connectivity index is 1.51. The van der Waals surface area contributed by atoms with E-state index in [4.69, 9.17) is 0 Å². The van der Waals surface area contributed by atoms with E-state index < -0.39 is 0 Å². The first kappa shape index (κ1) is 18.5. The number of hydrogen-bond donors (Lipinski definition) is 0. The predicted octanol–water partition coefficient (Wildman–Crippen LogP) is 3.98. The lowest BCUT2D eigenvalue weighted by molar-refractivity contribution is -0.131. The maximum Gasteiger partial charge on any atom is 0.258 e. The van der Waals surface area contributed by atoms with E-state index in [0.717, 1.165) is 41.7 Å². The number of nitrogens with zero attached hydrogens (tertiary/aromatic N) is 2. The van der Waals surface area contributed by atoms with Gasteiger partial charge in [-0.1, -0.05) is 36.4 Å². The molecular formula is C24H24N2O2S. The monoisotopic (exact) mass is 404 g/mol. The average molecular weight is 405 g/mol. The van der Waals surface area contributed by atoms with Crippen LogP contribution < -0.4 is 5.56 Å². The lowest BCUT2D eigenvalue weighted by Crippen LogP contribution is -2.49. The van der Waals surface area contributed by atoms with Crippen molar-refractivity contribution >= 4 is 28.4 Å². The van der Waals surface area contributed by atoms with Crippen LogP contribution in [0.15, 0.2) is 59.4 Å². The molecule has 1 fully saturated rings. The maximum atomic E-state index is 13.4. The van der Waals surface area contributed by atoms with Gasteiger partial charge in [0.1, 0.15) is 0 Å². The highest BCUT2D eigenvalue weighted by Gasteiger charge is 2.36. The van der Waals surface area contributed by atoms with Crippen LogP contribution in [0.3, 0.4) is 0 Å². The highest BCUT2D eigenvalue weighted by molar-refractivity contribution is 7.99. The first-order valence-corrected chi connectivity index (χ1v) is 11.5. The van der Waals surface area contributed by atoms with Crippen molar-refractivity contribution in [2.75, 3.05) is 25.1 Å². The van der Waals surface area contributed by atoms with E-state index in [2.05, 4.69) is 30.3 Å². The second-order valence-electron chi connectivity index (χ2n) is 8.18. The van der Waals surface area contributed by atoms with E-state index >= 15 is 0 Å². The maximum absolute atomic E-state index is 13.4. The molecule has 2 aromatic carbocycles. The largest absolute Gasteiger partial charge is 0.341 e. The van der Waals surface area contributed by atoms with Crippen LogP contribution in [-0.4, -0.2) is 40.5 Å². The molecule has 0 N–H and O–H groups in total. The van der Waals surface area contributed by atoms with Gasteiger partial charge in [-0.3, -0.25) is 9.59 Å². The third-order valence-corrected chi connectivity index (χ3v) is 6.82. The summed E-state index contributed by atoms with van der Waals surface area (Å²) in [6, 6.07) is 18.5. The van der Waals surface area contributed by atoms with Crippen molar-refractivity contribution in [1.82, 2.24) is 9.47 Å². The summed E-state index contributed by atoms with van der Waals surface area (Å²) >= 11 is 1.57. The number of pyridine rings is 1. The van der Waals surface area contributed by atoms with Crippen LogP contribution in [0.1, 0.15) is 18.0 Å². The van der Waals surface area contributed by atoms with Gasteiger partial charge in [-0.25, -0.2) is 0 Å². The fraction of sp³-hybridized carbons (Fsp3) is 0.333. The lowest BCUT2D eigenvalue weighted by Gasteiger charge is -2.43. The summed E-state index contributed by atoms with van der Waals surface area (Å²) < 4.78 is 1.97. The molecule has 2 atom stereocenters. The summed E-state index contributed by atoms with van der Waals surface area (Å²) in [6.07, 6.45) is 3.03. The van der Waals surface area contributed by atoms with Crippen LogP contribution >= 0.6 is 11.8 Å². The zero-order valence-electron chi connectivity index (χ0n) is 16.5. The minimum atomic E-state index is 0.0939. The van der Waals surface area contributed by atoms with Crippen molar-refractivity contribution in [3.63, 3.8) is 0 Å². The van der Waals surface area contributed by atoms with Crippen LogP contribution in [0.2, 0.25) is 0 Å². The highest BCUT2D eigenvalue weighted by atomic mass is 32.2. The average Bonchev–Trinajstić information content (AvgIpc) is 2.74. The van der Waals surface area contributed by atoms with Gasteiger partial charge in [0.15, 0.2) is 0 Å². The van der Waals surface area contributed by atoms with E-state index in [1.807, 2.05) is 40.0 Å². The van der Waals surface area contributed by atoms with E-state index in [1.165, 1.54) is 5.39 Å². The fourth-order valence-corrected chi connectivity index (χ4v) is 5.37. The molecule has 1 amide bonds. The quantitative estimate of drug-likeness (QED) is 0.663. The Morgan fingerprint density at radius 3 is 2.69 bits per heavy atom. The molecule has 1 aromatic heterocycles. The van der Waals surface area contributed by atoms with Crippen molar-refractivity contribution in [3.05, 3.63) is 70.6 Å². The number of likely N-dealkylation sites (tertiary alicyclic amines) is 1. The van der Waals surface area contributed by atoms with E-state index in [9.17, 15) is 9.59 Å². The molecule has 148 valence electrons. The van der Waals surface area contributed by atoms with Crippen molar-refractivity contribution in [2.45, 2.75) is 18.9 Å². The summed E-state index contributed by atoms with van der Waals surface area (Å²) in [5.41, 5.74) is 2.90. The smallest absolute Gasteiger partial charge is 0.258 e. The molecule has 2 bridgehead atoms. The number of piperidine rings is 1. The number of aromatic nitrogens is 1. The van der Waals surface area contributed by atoms with Gasteiger partial charge < -0.3 is 9.47 Å². The Bertz CT molecular complexity index is 1150. The molecule has 0 aliphatic carbocycles. The Kier molecular flexibility index (Phi) is 4.70. The van der Waals surface area contributed by atoms with Gasteiger partial charge >= 0.3 is 0 Å². The number of carbonyl (C=O) groups excluding carboxylic acids is 1. The molecule has 5 heteroatoms. The third kappa shape index (κ3) is 3.27. The number of amides is 1. The number of hydrogen-bond acceptors (Lipinski definition) is 3. The molecule has 29 heavy (non-hydrogen) atoms. The summed E-state index contributed by atoms with van der Waals surface area (Å²) in [5, 5.41) is 2.32. The summed E-state index contributed by atoms with van der Waals surface area (Å²) in [6.45, 7) is 2.20. The summed E-state index contributed by atoms with van der Waals surface area (Å²) in [5.74, 6) is 1.37. The number of carbonyl (C=O) groups is 1. The number of thioether (sulfide) groups is 1. The lowest BCUT2D eigenvalue weighted by atomic mass is 9.82. The summed E-state index contributed by atoms with van der Waals surface area (Å²) in [4.78, 5) is 27.8. The third-order valence-electron chi connectivity index (χ3n) is 6.29. The second-order valence-corrected chi connectivity index (χ2v) is 9.05. The normalized spacial score (nSPS) is 20.5. The Morgan fingerprint density at radius 1 is 1.03 bits per heavy atom. The van der Waals surface area contributed by atoms with E-state index in [-0.39, 0.29) is 17.4 Å². The molecule has 2 aliphatic heterocycles. The molecule has 0 unspecified atom stereocenters. The van der Waals surface area contributed by atoms with Crippen molar-refractivity contribution < 1.29 is 4.79 Å². The molecule has 4 nitrogen and oxygen atoms in total. The number of fused-ring (bicyclic) bond motifs is 5. The second kappa shape index (κ2) is 7.38. The molecule has 2 aliphatic rings. The minimum Gasteiger partial charge on any atom is -0.341 e. The zero-order chi connectivity index (χ0) is 20.0. The molecule has 1 saturated heterocycles. The minimum absolute atomic E-state index is 0.0939. The predicted molar refractivity (Wildman–Crippen MR) is 119 cm³/mol. The van der Waals surface area contributed by atoms with Crippen LogP contribution in [0.5, 0.6) is 0 Å². The van der Waals surface area contributed by atoms with Crippen LogP contribution in [-0.2, 0) is 11.3 Å². The molecule has 3 heterocycles. The van der Waals surface area contributed by atoms with Gasteiger partial charge in [-0.15, -0.1) is 0 Å². The molecule has 0 radical (unpaired) electrons. The highest BCUT2D eigenvalue weighted by Crippen LogP contribution is 2.36. The first-order chi connectivity index (χ1) is 14.1. The van der Waals surface area contributed by atoms with Crippen molar-refractivity contribution in [3.8, 4) is 11.1 Å². The van der Waals surface area contributed by atoms with Crippen molar-refractivity contribution in [1.29, 1.82) is 0 Å². The first-order valence-electron chi connectivity index (χ1n) is 10.1. The molecular weight excluding hydrogens is 380 g/mol. The fourth-order valence-electron chi connectivity index (χ4n) is 4.94. The molecule has 5 rings (SSSR count). The number of rotatable bonds is 3. The standard InChI is InChI=1S/C24H24N2O2S/c1-29-15-23(27)25-12-16-10-20(14-25)22-9-8-21(24(28)26(22)13-16)19-7-6-17-4-2-3-5-18(17)11-19/h2-9,11,16,20H,10,12-15H2,1H3/t16-,20+/m0/s1. The zero-order valence-corrected chi connectivity index (χ0v) is 17.3. The van der Waals surface area contributed by atoms with Gasteiger partial charge in [-0.2, -0.15) is 11.8 Å².